The SMILES string of the molecule is Cc1cc(OCC(=O)NN=Cc2cc(Br)c(O)c(Br)c2O)ccc1Cl. The van der Waals surface area contributed by atoms with Gasteiger partial charge in [-0.3, -0.25) is 4.79 Å². The Morgan fingerprint density at radius 3 is 2.72 bits per heavy atom. The van der Waals surface area contributed by atoms with Crippen LogP contribution in [0.25, 0.3) is 0 Å². The van der Waals surface area contributed by atoms with Crippen LogP contribution in [-0.4, -0.2) is 28.9 Å². The summed E-state index contributed by atoms with van der Waals surface area (Å²) < 4.78 is 5.83. The molecule has 0 radical (unpaired) electrons. The van der Waals surface area contributed by atoms with Crippen molar-refractivity contribution < 1.29 is 19.7 Å². The fraction of sp³-hybridized carbons (Fsp3) is 0.125. The Kier molecular flexibility index (Phi) is 6.69. The van der Waals surface area contributed by atoms with Gasteiger partial charge in [-0.15, -0.1) is 0 Å². The molecule has 0 saturated carbocycles. The number of nitrogens with zero attached hydrogens (tertiary/aromatic N) is 1. The molecule has 132 valence electrons. The van der Waals surface area contributed by atoms with Crippen LogP contribution in [0.15, 0.2) is 38.3 Å². The molecule has 0 bridgehead atoms. The fourth-order valence-electron chi connectivity index (χ4n) is 1.78. The van der Waals surface area contributed by atoms with Crippen LogP contribution in [0.3, 0.4) is 0 Å². The monoisotopic (exact) mass is 490 g/mol. The Hall–Kier alpha value is -1.77. The van der Waals surface area contributed by atoms with Gasteiger partial charge >= 0.3 is 0 Å². The number of rotatable bonds is 5. The smallest absolute Gasteiger partial charge is 0.277 e. The number of benzene rings is 2. The summed E-state index contributed by atoms with van der Waals surface area (Å²) in [5, 5.41) is 23.9. The average Bonchev–Trinajstić information content (AvgIpc) is 2.58. The molecule has 0 spiro atoms. The molecule has 0 atom stereocenters. The normalized spacial score (nSPS) is 10.9. The second-order valence-electron chi connectivity index (χ2n) is 4.95. The molecule has 0 saturated heterocycles. The summed E-state index contributed by atoms with van der Waals surface area (Å²) in [4.78, 5) is 11.7. The lowest BCUT2D eigenvalue weighted by Gasteiger charge is -2.07. The lowest BCUT2D eigenvalue weighted by Crippen LogP contribution is -2.24. The molecule has 6 nitrogen and oxygen atoms in total. The first kappa shape index (κ1) is 19.6. The molecule has 0 unspecified atom stereocenters. The van der Waals surface area contributed by atoms with Gasteiger partial charge in [0, 0.05) is 10.6 Å². The molecule has 0 heterocycles. The van der Waals surface area contributed by atoms with Gasteiger partial charge in [0.15, 0.2) is 6.61 Å². The molecule has 2 aromatic rings. The number of aryl methyl sites for hydroxylation is 1. The lowest BCUT2D eigenvalue weighted by atomic mass is 10.2. The maximum absolute atomic E-state index is 11.7. The van der Waals surface area contributed by atoms with E-state index in [1.165, 1.54) is 12.3 Å². The van der Waals surface area contributed by atoms with Gasteiger partial charge in [-0.25, -0.2) is 5.43 Å². The van der Waals surface area contributed by atoms with Crippen LogP contribution < -0.4 is 10.2 Å². The molecule has 2 aromatic carbocycles. The van der Waals surface area contributed by atoms with Crippen molar-refractivity contribution in [2.45, 2.75) is 6.92 Å². The highest BCUT2D eigenvalue weighted by molar-refractivity contribution is 9.11. The number of carbonyl (C=O) groups excluding carboxylic acids is 1. The van der Waals surface area contributed by atoms with Gasteiger partial charge < -0.3 is 14.9 Å². The molecular formula is C16H13Br2ClN2O4. The van der Waals surface area contributed by atoms with Gasteiger partial charge in [-0.05, 0) is 68.6 Å². The highest BCUT2D eigenvalue weighted by Crippen LogP contribution is 2.40. The summed E-state index contributed by atoms with van der Waals surface area (Å²) in [6.07, 6.45) is 1.24. The summed E-state index contributed by atoms with van der Waals surface area (Å²) in [6.45, 7) is 1.60. The van der Waals surface area contributed by atoms with E-state index in [4.69, 9.17) is 16.3 Å². The number of phenolic OH excluding ortho intramolecular Hbond substituents is 2. The molecule has 0 fully saturated rings. The first-order valence-corrected chi connectivity index (χ1v) is 8.86. The van der Waals surface area contributed by atoms with Crippen molar-refractivity contribution in [1.29, 1.82) is 0 Å². The number of phenols is 2. The van der Waals surface area contributed by atoms with Crippen molar-refractivity contribution in [2.75, 3.05) is 6.61 Å². The van der Waals surface area contributed by atoms with Crippen molar-refractivity contribution in [3.8, 4) is 17.2 Å². The number of aromatic hydroxyl groups is 2. The zero-order valence-electron chi connectivity index (χ0n) is 12.9. The second-order valence-corrected chi connectivity index (χ2v) is 7.01. The fourth-order valence-corrected chi connectivity index (χ4v) is 3.05. The summed E-state index contributed by atoms with van der Waals surface area (Å²) >= 11 is 12.1. The minimum Gasteiger partial charge on any atom is -0.506 e. The minimum atomic E-state index is -0.472. The molecular weight excluding hydrogens is 479 g/mol. The Bertz CT molecular complexity index is 843. The van der Waals surface area contributed by atoms with E-state index in [0.717, 1.165) is 5.56 Å². The average molecular weight is 493 g/mol. The van der Waals surface area contributed by atoms with Crippen molar-refractivity contribution >= 4 is 55.6 Å². The van der Waals surface area contributed by atoms with E-state index >= 15 is 0 Å². The van der Waals surface area contributed by atoms with Crippen molar-refractivity contribution in [3.05, 3.63) is 49.4 Å². The Balaban J connectivity index is 1.93. The maximum Gasteiger partial charge on any atom is 0.277 e. The number of amides is 1. The van der Waals surface area contributed by atoms with Gasteiger partial charge in [-0.1, -0.05) is 11.6 Å². The number of hydrogen-bond acceptors (Lipinski definition) is 5. The molecule has 1 amide bonds. The first-order valence-electron chi connectivity index (χ1n) is 6.90. The zero-order valence-corrected chi connectivity index (χ0v) is 16.8. The molecule has 0 aliphatic rings. The standard InChI is InChI=1S/C16H13Br2ClN2O4/c1-8-4-10(2-3-12(8)19)25-7-13(22)21-20-6-9-5-11(17)16(24)14(18)15(9)23/h2-6,23-24H,7H2,1H3,(H,21,22). The predicted molar refractivity (Wildman–Crippen MR) is 103 cm³/mol. The third kappa shape index (κ3) is 5.10. The van der Waals surface area contributed by atoms with Crippen LogP contribution in [0.1, 0.15) is 11.1 Å². The van der Waals surface area contributed by atoms with Crippen molar-refractivity contribution in [1.82, 2.24) is 5.43 Å². The summed E-state index contributed by atoms with van der Waals surface area (Å²) in [5.74, 6) is -0.290. The minimum absolute atomic E-state index is 0.121. The lowest BCUT2D eigenvalue weighted by molar-refractivity contribution is -0.123. The number of ether oxygens (including phenoxy) is 1. The second kappa shape index (κ2) is 8.55. The van der Waals surface area contributed by atoms with Crippen LogP contribution in [0.4, 0.5) is 0 Å². The molecule has 0 aromatic heterocycles. The van der Waals surface area contributed by atoms with Gasteiger partial charge in [0.25, 0.3) is 5.91 Å². The Labute approximate surface area is 165 Å². The zero-order chi connectivity index (χ0) is 18.6. The van der Waals surface area contributed by atoms with Crippen LogP contribution in [-0.2, 0) is 4.79 Å². The van der Waals surface area contributed by atoms with E-state index in [-0.39, 0.29) is 22.6 Å². The number of nitrogens with one attached hydrogen (secondary N) is 1. The van der Waals surface area contributed by atoms with Crippen molar-refractivity contribution in [2.24, 2.45) is 5.10 Å². The third-order valence-electron chi connectivity index (χ3n) is 3.09. The van der Waals surface area contributed by atoms with E-state index in [1.807, 2.05) is 6.92 Å². The quantitative estimate of drug-likeness (QED) is 0.433. The van der Waals surface area contributed by atoms with E-state index in [0.29, 0.717) is 20.8 Å². The number of carbonyl (C=O) groups is 1. The van der Waals surface area contributed by atoms with Crippen molar-refractivity contribution in [3.63, 3.8) is 0 Å². The van der Waals surface area contributed by atoms with Crippen LogP contribution >= 0.6 is 43.5 Å². The summed E-state index contributed by atoms with van der Waals surface area (Å²) in [7, 11) is 0. The number of hydrazone groups is 1. The van der Waals surface area contributed by atoms with E-state index in [1.54, 1.807) is 18.2 Å². The van der Waals surface area contributed by atoms with Crippen LogP contribution in [0, 0.1) is 6.92 Å². The van der Waals surface area contributed by atoms with Crippen LogP contribution in [0.2, 0.25) is 5.02 Å². The van der Waals surface area contributed by atoms with Gasteiger partial charge in [-0.2, -0.15) is 5.10 Å². The number of halogens is 3. The molecule has 25 heavy (non-hydrogen) atoms. The summed E-state index contributed by atoms with van der Waals surface area (Å²) in [6, 6.07) is 6.53. The Morgan fingerprint density at radius 1 is 1.32 bits per heavy atom. The van der Waals surface area contributed by atoms with Gasteiger partial charge in [0.1, 0.15) is 21.7 Å². The third-order valence-corrected chi connectivity index (χ3v) is 4.87. The van der Waals surface area contributed by atoms with Gasteiger partial charge in [0.05, 0.1) is 10.7 Å². The highest BCUT2D eigenvalue weighted by Gasteiger charge is 2.12. The highest BCUT2D eigenvalue weighted by atomic mass is 79.9. The topological polar surface area (TPSA) is 91.2 Å². The molecule has 9 heteroatoms. The van der Waals surface area contributed by atoms with E-state index < -0.39 is 5.91 Å². The van der Waals surface area contributed by atoms with E-state index in [2.05, 4.69) is 42.4 Å². The predicted octanol–water partition coefficient (Wildman–Crippen LogP) is 4.11. The Morgan fingerprint density at radius 2 is 2.04 bits per heavy atom. The largest absolute Gasteiger partial charge is 0.506 e. The molecule has 0 aliphatic heterocycles. The van der Waals surface area contributed by atoms with Gasteiger partial charge in [0.2, 0.25) is 0 Å². The first-order chi connectivity index (χ1) is 11.8. The molecule has 2 rings (SSSR count). The summed E-state index contributed by atoms with van der Waals surface area (Å²) in [5.41, 5.74) is 3.42. The van der Waals surface area contributed by atoms with E-state index in [9.17, 15) is 15.0 Å². The molecule has 3 N–H and O–H groups in total. The van der Waals surface area contributed by atoms with Crippen LogP contribution in [0.5, 0.6) is 17.2 Å². The number of hydrogen-bond donors (Lipinski definition) is 3. The maximum atomic E-state index is 11.7. The molecule has 0 aliphatic carbocycles.